The number of rotatable bonds is 7. The van der Waals surface area contributed by atoms with E-state index in [1.165, 1.54) is 0 Å². The number of carbonyl (C=O) groups excluding carboxylic acids is 1. The first-order valence-electron chi connectivity index (χ1n) is 6.62. The van der Waals surface area contributed by atoms with Crippen molar-refractivity contribution in [2.24, 2.45) is 0 Å². The van der Waals surface area contributed by atoms with Crippen molar-refractivity contribution in [2.45, 2.75) is 38.8 Å². The molecule has 1 heterocycles. The van der Waals surface area contributed by atoms with E-state index >= 15 is 0 Å². The predicted octanol–water partition coefficient (Wildman–Crippen LogP) is 1.87. The van der Waals surface area contributed by atoms with Gasteiger partial charge in [-0.15, -0.1) is 0 Å². The molecule has 0 aliphatic rings. The molecule has 6 heteroatoms. The molecule has 0 spiro atoms. The lowest BCUT2D eigenvalue weighted by Crippen LogP contribution is -2.41. The summed E-state index contributed by atoms with van der Waals surface area (Å²) in [6.45, 7) is 2.31. The van der Waals surface area contributed by atoms with E-state index in [0.29, 0.717) is 19.4 Å². The molecule has 0 saturated carbocycles. The lowest BCUT2D eigenvalue weighted by Gasteiger charge is -2.21. The molecule has 20 heavy (non-hydrogen) atoms. The van der Waals surface area contributed by atoms with E-state index in [4.69, 9.17) is 5.11 Å². The first-order valence-corrected chi connectivity index (χ1v) is 6.62. The molecular weight excluding hydrogens is 258 g/mol. The number of pyridine rings is 1. The molecule has 6 nitrogen and oxygen atoms in total. The smallest absolute Gasteiger partial charge is 0.317 e. The van der Waals surface area contributed by atoms with E-state index in [-0.39, 0.29) is 18.5 Å². The highest BCUT2D eigenvalue weighted by Crippen LogP contribution is 2.03. The third kappa shape index (κ3) is 6.17. The number of carboxylic acids is 1. The molecule has 1 rings (SSSR count). The van der Waals surface area contributed by atoms with Crippen LogP contribution in [0.2, 0.25) is 0 Å². The summed E-state index contributed by atoms with van der Waals surface area (Å²) in [5, 5.41) is 11.4. The summed E-state index contributed by atoms with van der Waals surface area (Å²) < 4.78 is 0. The van der Waals surface area contributed by atoms with Crippen molar-refractivity contribution in [2.75, 3.05) is 7.05 Å². The van der Waals surface area contributed by atoms with E-state index in [2.05, 4.69) is 10.3 Å². The largest absolute Gasteiger partial charge is 0.481 e. The zero-order valence-electron chi connectivity index (χ0n) is 11.9. The van der Waals surface area contributed by atoms with Gasteiger partial charge in [-0.1, -0.05) is 6.07 Å². The number of hydrogen-bond donors (Lipinski definition) is 2. The number of carboxylic acid groups (broad SMARTS) is 1. The minimum atomic E-state index is -0.809. The number of carbonyl (C=O) groups is 2. The Bertz CT molecular complexity index is 437. The predicted molar refractivity (Wildman–Crippen MR) is 75.2 cm³/mol. The second-order valence-corrected chi connectivity index (χ2v) is 4.81. The third-order valence-corrected chi connectivity index (χ3v) is 2.87. The maximum atomic E-state index is 11.9. The highest BCUT2D eigenvalue weighted by molar-refractivity contribution is 5.74. The third-order valence-electron chi connectivity index (χ3n) is 2.87. The molecule has 0 radical (unpaired) electrons. The maximum absolute atomic E-state index is 11.9. The quantitative estimate of drug-likeness (QED) is 0.798. The minimum Gasteiger partial charge on any atom is -0.481 e. The van der Waals surface area contributed by atoms with Crippen molar-refractivity contribution < 1.29 is 14.7 Å². The van der Waals surface area contributed by atoms with Crippen LogP contribution in [0, 0.1) is 0 Å². The average Bonchev–Trinajstić information content (AvgIpc) is 2.39. The van der Waals surface area contributed by atoms with E-state index in [1.807, 2.05) is 25.1 Å². The molecule has 2 amide bonds. The summed E-state index contributed by atoms with van der Waals surface area (Å²) in [6.07, 6.45) is 3.02. The van der Waals surface area contributed by atoms with Gasteiger partial charge in [0.15, 0.2) is 0 Å². The summed E-state index contributed by atoms with van der Waals surface area (Å²) in [4.78, 5) is 28.1. The van der Waals surface area contributed by atoms with Crippen LogP contribution < -0.4 is 5.32 Å². The Hall–Kier alpha value is -2.11. The van der Waals surface area contributed by atoms with Crippen LogP contribution in [-0.4, -0.2) is 40.1 Å². The van der Waals surface area contributed by atoms with Crippen LogP contribution in [0.25, 0.3) is 0 Å². The van der Waals surface area contributed by atoms with Gasteiger partial charge in [0.1, 0.15) is 0 Å². The number of urea groups is 1. The van der Waals surface area contributed by atoms with Gasteiger partial charge in [-0.25, -0.2) is 4.79 Å². The number of aromatic nitrogens is 1. The summed E-state index contributed by atoms with van der Waals surface area (Å²) in [7, 11) is 1.70. The van der Waals surface area contributed by atoms with Gasteiger partial charge in [0.25, 0.3) is 0 Å². The molecule has 0 bridgehead atoms. The van der Waals surface area contributed by atoms with E-state index in [9.17, 15) is 9.59 Å². The molecule has 0 aromatic carbocycles. The molecule has 1 atom stereocenters. The van der Waals surface area contributed by atoms with Crippen molar-refractivity contribution >= 4 is 12.0 Å². The zero-order valence-corrected chi connectivity index (χ0v) is 11.9. The van der Waals surface area contributed by atoms with Gasteiger partial charge in [-0.05, 0) is 31.9 Å². The van der Waals surface area contributed by atoms with Gasteiger partial charge in [-0.2, -0.15) is 0 Å². The number of hydrogen-bond acceptors (Lipinski definition) is 3. The molecule has 1 aromatic rings. The van der Waals surface area contributed by atoms with Gasteiger partial charge in [-0.3, -0.25) is 9.78 Å². The second-order valence-electron chi connectivity index (χ2n) is 4.81. The first kappa shape index (κ1) is 15.9. The topological polar surface area (TPSA) is 82.5 Å². The van der Waals surface area contributed by atoms with Gasteiger partial charge < -0.3 is 15.3 Å². The summed E-state index contributed by atoms with van der Waals surface area (Å²) >= 11 is 0. The molecule has 2 N–H and O–H groups in total. The Labute approximate surface area is 118 Å². The standard InChI is InChI=1S/C14H21N3O3/c1-11(6-5-8-13(18)19)16-14(20)17(2)10-12-7-3-4-9-15-12/h3-4,7,9,11H,5-6,8,10H2,1-2H3,(H,16,20)(H,18,19). The molecule has 1 unspecified atom stereocenters. The van der Waals surface area contributed by atoms with Gasteiger partial charge in [0, 0.05) is 25.7 Å². The van der Waals surface area contributed by atoms with Crippen molar-refractivity contribution in [1.82, 2.24) is 15.2 Å². The maximum Gasteiger partial charge on any atom is 0.317 e. The lowest BCUT2D eigenvalue weighted by molar-refractivity contribution is -0.137. The van der Waals surface area contributed by atoms with Crippen LogP contribution in [0.1, 0.15) is 31.9 Å². The van der Waals surface area contributed by atoms with Gasteiger partial charge >= 0.3 is 12.0 Å². The second kappa shape index (κ2) is 8.14. The van der Waals surface area contributed by atoms with Crippen LogP contribution >= 0.6 is 0 Å². The molecule has 1 aromatic heterocycles. The van der Waals surface area contributed by atoms with Crippen LogP contribution in [0.3, 0.4) is 0 Å². The average molecular weight is 279 g/mol. The van der Waals surface area contributed by atoms with E-state index in [0.717, 1.165) is 5.69 Å². The first-order chi connectivity index (χ1) is 9.49. The number of nitrogens with zero attached hydrogens (tertiary/aromatic N) is 2. The summed E-state index contributed by atoms with van der Waals surface area (Å²) in [5.41, 5.74) is 0.823. The Morgan fingerprint density at radius 2 is 2.20 bits per heavy atom. The van der Waals surface area contributed by atoms with Crippen LogP contribution in [0.15, 0.2) is 24.4 Å². The Morgan fingerprint density at radius 1 is 1.45 bits per heavy atom. The van der Waals surface area contributed by atoms with Crippen LogP contribution in [-0.2, 0) is 11.3 Å². The van der Waals surface area contributed by atoms with E-state index < -0.39 is 5.97 Å². The van der Waals surface area contributed by atoms with Gasteiger partial charge in [0.2, 0.25) is 0 Å². The van der Waals surface area contributed by atoms with E-state index in [1.54, 1.807) is 18.1 Å². The van der Waals surface area contributed by atoms with Crippen molar-refractivity contribution in [3.05, 3.63) is 30.1 Å². The molecular formula is C14H21N3O3. The highest BCUT2D eigenvalue weighted by atomic mass is 16.4. The van der Waals surface area contributed by atoms with Gasteiger partial charge in [0.05, 0.1) is 12.2 Å². The highest BCUT2D eigenvalue weighted by Gasteiger charge is 2.12. The normalized spacial score (nSPS) is 11.7. The molecule has 0 saturated heterocycles. The fraction of sp³-hybridized carbons (Fsp3) is 0.500. The van der Waals surface area contributed by atoms with Crippen molar-refractivity contribution in [3.63, 3.8) is 0 Å². The van der Waals surface area contributed by atoms with Crippen LogP contribution in [0.5, 0.6) is 0 Å². The fourth-order valence-corrected chi connectivity index (χ4v) is 1.76. The molecule has 110 valence electrons. The number of amides is 2. The Morgan fingerprint density at radius 3 is 2.80 bits per heavy atom. The molecule has 0 aliphatic heterocycles. The lowest BCUT2D eigenvalue weighted by atomic mass is 10.1. The number of aliphatic carboxylic acids is 1. The molecule has 0 fully saturated rings. The monoisotopic (exact) mass is 279 g/mol. The fourth-order valence-electron chi connectivity index (χ4n) is 1.76. The molecule has 0 aliphatic carbocycles. The Balaban J connectivity index is 2.32. The summed E-state index contributed by atoms with van der Waals surface area (Å²) in [6, 6.07) is 5.34. The van der Waals surface area contributed by atoms with Crippen molar-refractivity contribution in [3.8, 4) is 0 Å². The zero-order chi connectivity index (χ0) is 15.0. The Kier molecular flexibility index (Phi) is 6.49. The van der Waals surface area contributed by atoms with Crippen LogP contribution in [0.4, 0.5) is 4.79 Å². The minimum absolute atomic E-state index is 0.0481. The SMILES string of the molecule is CC(CCCC(=O)O)NC(=O)N(C)Cc1ccccn1. The summed E-state index contributed by atoms with van der Waals surface area (Å²) in [5.74, 6) is -0.809. The number of nitrogens with one attached hydrogen (secondary N) is 1. The van der Waals surface area contributed by atoms with Crippen molar-refractivity contribution in [1.29, 1.82) is 0 Å².